The van der Waals surface area contributed by atoms with Gasteiger partial charge in [-0.05, 0) is 37.1 Å². The summed E-state index contributed by atoms with van der Waals surface area (Å²) in [6.07, 6.45) is 0.254. The average Bonchev–Trinajstić information content (AvgIpc) is 2.54. The molecule has 120 valence electrons. The molecule has 0 radical (unpaired) electrons. The van der Waals surface area contributed by atoms with Crippen LogP contribution in [-0.4, -0.2) is 17.9 Å². The minimum Gasteiger partial charge on any atom is -0.352 e. The molecule has 23 heavy (non-hydrogen) atoms. The van der Waals surface area contributed by atoms with Gasteiger partial charge in [0, 0.05) is 24.6 Å². The molecule has 0 aliphatic rings. The summed E-state index contributed by atoms with van der Waals surface area (Å²) in [7, 11) is 0. The lowest BCUT2D eigenvalue weighted by Gasteiger charge is -2.14. The second-order valence-corrected chi connectivity index (χ2v) is 5.65. The van der Waals surface area contributed by atoms with Crippen molar-refractivity contribution in [3.05, 3.63) is 71.3 Å². The summed E-state index contributed by atoms with van der Waals surface area (Å²) in [5.74, 6) is -0.237. The molecule has 0 bridgehead atoms. The molecule has 4 heteroatoms. The van der Waals surface area contributed by atoms with Crippen molar-refractivity contribution in [1.82, 2.24) is 10.6 Å². The normalized spacial score (nSPS) is 11.6. The summed E-state index contributed by atoms with van der Waals surface area (Å²) in [4.78, 5) is 24.0. The van der Waals surface area contributed by atoms with Gasteiger partial charge in [0.1, 0.15) is 0 Å². The van der Waals surface area contributed by atoms with E-state index < -0.39 is 0 Å². The highest BCUT2D eigenvalue weighted by molar-refractivity contribution is 5.94. The van der Waals surface area contributed by atoms with Crippen LogP contribution in [0, 0.1) is 6.92 Å². The van der Waals surface area contributed by atoms with Crippen LogP contribution < -0.4 is 10.6 Å². The van der Waals surface area contributed by atoms with E-state index in [-0.39, 0.29) is 24.3 Å². The van der Waals surface area contributed by atoms with Gasteiger partial charge in [0.05, 0.1) is 0 Å². The van der Waals surface area contributed by atoms with Crippen LogP contribution in [-0.2, 0) is 11.3 Å². The predicted octanol–water partition coefficient (Wildman–Crippen LogP) is 2.82. The van der Waals surface area contributed by atoms with Crippen LogP contribution in [0.3, 0.4) is 0 Å². The van der Waals surface area contributed by atoms with Crippen molar-refractivity contribution in [2.45, 2.75) is 32.9 Å². The van der Waals surface area contributed by atoms with Gasteiger partial charge >= 0.3 is 0 Å². The minimum absolute atomic E-state index is 0.0749. The van der Waals surface area contributed by atoms with Gasteiger partial charge in [-0.1, -0.05) is 42.5 Å². The number of nitrogens with one attached hydrogen (secondary N) is 2. The number of aryl methyl sites for hydroxylation is 1. The van der Waals surface area contributed by atoms with E-state index >= 15 is 0 Å². The molecule has 0 fully saturated rings. The topological polar surface area (TPSA) is 58.2 Å². The molecule has 2 aromatic rings. The molecule has 2 aromatic carbocycles. The predicted molar refractivity (Wildman–Crippen MR) is 91.0 cm³/mol. The van der Waals surface area contributed by atoms with Crippen molar-refractivity contribution < 1.29 is 9.59 Å². The van der Waals surface area contributed by atoms with Crippen LogP contribution in [0.15, 0.2) is 54.6 Å². The number of hydrogen-bond acceptors (Lipinski definition) is 2. The minimum atomic E-state index is -0.223. The summed E-state index contributed by atoms with van der Waals surface area (Å²) in [6.45, 7) is 4.35. The zero-order valence-electron chi connectivity index (χ0n) is 13.5. The van der Waals surface area contributed by atoms with Gasteiger partial charge in [0.15, 0.2) is 0 Å². The van der Waals surface area contributed by atoms with Crippen molar-refractivity contribution in [3.63, 3.8) is 0 Å². The van der Waals surface area contributed by atoms with Crippen molar-refractivity contribution in [3.8, 4) is 0 Å². The molecule has 0 heterocycles. The first kappa shape index (κ1) is 16.7. The lowest BCUT2D eigenvalue weighted by atomic mass is 10.1. The summed E-state index contributed by atoms with van der Waals surface area (Å²) in [6, 6.07) is 16.7. The molecule has 1 unspecified atom stereocenters. The number of rotatable bonds is 6. The average molecular weight is 310 g/mol. The van der Waals surface area contributed by atoms with Crippen molar-refractivity contribution >= 4 is 11.8 Å². The number of carbonyl (C=O) groups is 2. The Bertz CT molecular complexity index is 668. The third kappa shape index (κ3) is 5.25. The van der Waals surface area contributed by atoms with E-state index in [1.807, 2.05) is 56.3 Å². The third-order valence-corrected chi connectivity index (χ3v) is 3.64. The molecule has 0 saturated heterocycles. The second-order valence-electron chi connectivity index (χ2n) is 5.65. The van der Waals surface area contributed by atoms with E-state index in [1.165, 1.54) is 0 Å². The molecule has 2 rings (SSSR count). The van der Waals surface area contributed by atoms with Crippen LogP contribution in [0.4, 0.5) is 0 Å². The largest absolute Gasteiger partial charge is 0.352 e. The molecule has 1 atom stereocenters. The maximum Gasteiger partial charge on any atom is 0.251 e. The van der Waals surface area contributed by atoms with E-state index in [2.05, 4.69) is 10.6 Å². The Morgan fingerprint density at radius 1 is 1.00 bits per heavy atom. The Labute approximate surface area is 136 Å². The van der Waals surface area contributed by atoms with Crippen LogP contribution >= 0.6 is 0 Å². The lowest BCUT2D eigenvalue weighted by Crippen LogP contribution is -2.37. The van der Waals surface area contributed by atoms with Gasteiger partial charge in [0.25, 0.3) is 5.91 Å². The van der Waals surface area contributed by atoms with Gasteiger partial charge in [-0.2, -0.15) is 0 Å². The van der Waals surface area contributed by atoms with Crippen LogP contribution in [0.5, 0.6) is 0 Å². The molecule has 4 nitrogen and oxygen atoms in total. The first-order valence-electron chi connectivity index (χ1n) is 7.73. The Morgan fingerprint density at radius 2 is 1.65 bits per heavy atom. The molecule has 0 aliphatic heterocycles. The van der Waals surface area contributed by atoms with Crippen LogP contribution in [0.2, 0.25) is 0 Å². The lowest BCUT2D eigenvalue weighted by molar-refractivity contribution is -0.121. The van der Waals surface area contributed by atoms with Gasteiger partial charge in [-0.15, -0.1) is 0 Å². The molecule has 2 N–H and O–H groups in total. The van der Waals surface area contributed by atoms with Crippen molar-refractivity contribution in [2.24, 2.45) is 0 Å². The zero-order chi connectivity index (χ0) is 16.7. The van der Waals surface area contributed by atoms with E-state index in [1.54, 1.807) is 12.1 Å². The molecule has 0 aliphatic carbocycles. The van der Waals surface area contributed by atoms with Crippen molar-refractivity contribution in [2.75, 3.05) is 0 Å². The number of carbonyl (C=O) groups excluding carboxylic acids is 2. The third-order valence-electron chi connectivity index (χ3n) is 3.64. The Morgan fingerprint density at radius 3 is 2.35 bits per heavy atom. The highest BCUT2D eigenvalue weighted by Crippen LogP contribution is 2.06. The Kier molecular flexibility index (Phi) is 5.92. The fraction of sp³-hybridized carbons (Fsp3) is 0.263. The fourth-order valence-corrected chi connectivity index (χ4v) is 2.30. The summed E-state index contributed by atoms with van der Waals surface area (Å²) in [5.41, 5.74) is 2.85. The SMILES string of the molecule is Cc1ccccc1CNC(=O)CC(C)NC(=O)c1ccccc1. The van der Waals surface area contributed by atoms with Gasteiger partial charge in [-0.25, -0.2) is 0 Å². The molecular weight excluding hydrogens is 288 g/mol. The molecule has 2 amide bonds. The first-order chi connectivity index (χ1) is 11.1. The molecule has 0 spiro atoms. The number of benzene rings is 2. The van der Waals surface area contributed by atoms with E-state index in [4.69, 9.17) is 0 Å². The standard InChI is InChI=1S/C19H22N2O2/c1-14-8-6-7-11-17(14)13-20-18(22)12-15(2)21-19(23)16-9-4-3-5-10-16/h3-11,15H,12-13H2,1-2H3,(H,20,22)(H,21,23). The summed E-state index contributed by atoms with van der Waals surface area (Å²) >= 11 is 0. The van der Waals surface area contributed by atoms with E-state index in [9.17, 15) is 9.59 Å². The first-order valence-corrected chi connectivity index (χ1v) is 7.73. The maximum absolute atomic E-state index is 12.0. The van der Waals surface area contributed by atoms with Gasteiger partial charge in [-0.3, -0.25) is 9.59 Å². The smallest absolute Gasteiger partial charge is 0.251 e. The number of hydrogen-bond donors (Lipinski definition) is 2. The van der Waals surface area contributed by atoms with Crippen LogP contribution in [0.1, 0.15) is 34.8 Å². The number of amides is 2. The molecule has 0 saturated carbocycles. The zero-order valence-corrected chi connectivity index (χ0v) is 13.5. The highest BCUT2D eigenvalue weighted by Gasteiger charge is 2.13. The monoisotopic (exact) mass is 310 g/mol. The maximum atomic E-state index is 12.0. The van der Waals surface area contributed by atoms with E-state index in [0.29, 0.717) is 12.1 Å². The highest BCUT2D eigenvalue weighted by atomic mass is 16.2. The molecular formula is C19H22N2O2. The van der Waals surface area contributed by atoms with Crippen LogP contribution in [0.25, 0.3) is 0 Å². The second kappa shape index (κ2) is 8.13. The Hall–Kier alpha value is -2.62. The Balaban J connectivity index is 1.79. The quantitative estimate of drug-likeness (QED) is 0.862. The van der Waals surface area contributed by atoms with Crippen molar-refractivity contribution in [1.29, 1.82) is 0 Å². The fourth-order valence-electron chi connectivity index (χ4n) is 2.30. The van der Waals surface area contributed by atoms with Gasteiger partial charge in [0.2, 0.25) is 5.91 Å². The van der Waals surface area contributed by atoms with E-state index in [0.717, 1.165) is 11.1 Å². The van der Waals surface area contributed by atoms with Gasteiger partial charge < -0.3 is 10.6 Å². The molecule has 0 aromatic heterocycles. The summed E-state index contributed by atoms with van der Waals surface area (Å²) < 4.78 is 0. The summed E-state index contributed by atoms with van der Waals surface area (Å²) in [5, 5.41) is 5.73.